The van der Waals surface area contributed by atoms with Crippen molar-refractivity contribution in [2.45, 2.75) is 19.8 Å². The molecule has 1 aliphatic carbocycles. The normalized spacial score (nSPS) is 14.2. The molecule has 1 saturated carbocycles. The molecule has 0 aromatic heterocycles. The van der Waals surface area contributed by atoms with Crippen molar-refractivity contribution in [1.29, 1.82) is 0 Å². The highest BCUT2D eigenvalue weighted by atomic mass is 31.0. The van der Waals surface area contributed by atoms with E-state index in [1.165, 1.54) is 4.90 Å². The van der Waals surface area contributed by atoms with E-state index in [1.807, 2.05) is 26.9 Å². The number of hydrogen-bond donors (Lipinski definition) is 1. The van der Waals surface area contributed by atoms with Crippen molar-refractivity contribution in [1.82, 2.24) is 0 Å². The molecule has 1 unspecified atom stereocenters. The van der Waals surface area contributed by atoms with Crippen LogP contribution < -0.4 is 21.4 Å². The van der Waals surface area contributed by atoms with E-state index in [1.54, 1.807) is 0 Å². The minimum atomic E-state index is -0.576. The predicted octanol–water partition coefficient (Wildman–Crippen LogP) is -0.382. The quantitative estimate of drug-likeness (QED) is 0.601. The first-order chi connectivity index (χ1) is 8.90. The molecule has 0 aliphatic heterocycles. The maximum atomic E-state index is 11.9. The molecular formula is C13H18BN2O2P. The molecule has 1 atom stereocenters. The van der Waals surface area contributed by atoms with Crippen LogP contribution in [0.5, 0.6) is 0 Å². The largest absolute Gasteiger partial charge is 0.351 e. The van der Waals surface area contributed by atoms with Crippen molar-refractivity contribution in [3.05, 3.63) is 17.7 Å². The summed E-state index contributed by atoms with van der Waals surface area (Å²) in [6.07, 6.45) is 1.88. The van der Waals surface area contributed by atoms with Crippen molar-refractivity contribution in [3.8, 4) is 0 Å². The Kier molecular flexibility index (Phi) is 3.95. The number of amides is 2. The van der Waals surface area contributed by atoms with Crippen molar-refractivity contribution >= 4 is 45.4 Å². The van der Waals surface area contributed by atoms with E-state index in [0.717, 1.165) is 34.9 Å². The van der Waals surface area contributed by atoms with Crippen LogP contribution in [0.2, 0.25) is 0 Å². The zero-order valence-electron chi connectivity index (χ0n) is 11.3. The van der Waals surface area contributed by atoms with Gasteiger partial charge in [0.05, 0.1) is 6.54 Å². The van der Waals surface area contributed by atoms with Gasteiger partial charge in [-0.15, -0.1) is 9.24 Å². The fourth-order valence-electron chi connectivity index (χ4n) is 2.09. The van der Waals surface area contributed by atoms with E-state index in [-0.39, 0.29) is 18.2 Å². The third kappa shape index (κ3) is 3.16. The molecule has 1 aliphatic rings. The Hall–Kier alpha value is -1.35. The zero-order chi connectivity index (χ0) is 14.2. The number of rotatable bonds is 4. The van der Waals surface area contributed by atoms with Gasteiger partial charge in [0.15, 0.2) is 5.78 Å². The van der Waals surface area contributed by atoms with E-state index in [9.17, 15) is 9.59 Å². The fourth-order valence-corrected chi connectivity index (χ4v) is 2.42. The molecule has 100 valence electrons. The van der Waals surface area contributed by atoms with Gasteiger partial charge >= 0.3 is 6.03 Å². The first-order valence-electron chi connectivity index (χ1n) is 6.36. The number of urea groups is 1. The number of carbonyl (C=O) groups excluding carboxylic acids is 2. The van der Waals surface area contributed by atoms with E-state index in [2.05, 4.69) is 9.24 Å². The maximum absolute atomic E-state index is 11.9. The Morgan fingerprint density at radius 2 is 2.11 bits per heavy atom. The Morgan fingerprint density at radius 3 is 2.63 bits per heavy atom. The molecule has 1 fully saturated rings. The molecule has 0 saturated heterocycles. The van der Waals surface area contributed by atoms with Gasteiger partial charge in [-0.1, -0.05) is 11.5 Å². The minimum Gasteiger partial charge on any atom is -0.351 e. The van der Waals surface area contributed by atoms with Gasteiger partial charge < -0.3 is 5.73 Å². The number of hydrogen-bond acceptors (Lipinski definition) is 2. The lowest BCUT2D eigenvalue weighted by Crippen LogP contribution is -2.41. The second-order valence-electron chi connectivity index (χ2n) is 5.16. The summed E-state index contributed by atoms with van der Waals surface area (Å²) in [5.41, 5.74) is 8.15. The number of carbonyl (C=O) groups is 2. The summed E-state index contributed by atoms with van der Waals surface area (Å²) in [6.45, 7) is 2.00. The van der Waals surface area contributed by atoms with Gasteiger partial charge in [-0.05, 0) is 36.7 Å². The predicted molar refractivity (Wildman–Crippen MR) is 83.4 cm³/mol. The molecule has 1 aromatic carbocycles. The zero-order valence-corrected chi connectivity index (χ0v) is 12.4. The lowest BCUT2D eigenvalue weighted by molar-refractivity contribution is -0.118. The molecular weight excluding hydrogens is 258 g/mol. The van der Waals surface area contributed by atoms with Crippen molar-refractivity contribution < 1.29 is 9.59 Å². The van der Waals surface area contributed by atoms with Gasteiger partial charge in [0, 0.05) is 11.6 Å². The summed E-state index contributed by atoms with van der Waals surface area (Å²) in [5, 5.41) is 1.08. The molecule has 19 heavy (non-hydrogen) atoms. The molecule has 2 N–H and O–H groups in total. The number of ketones is 1. The number of aryl methyl sites for hydroxylation is 1. The third-order valence-electron chi connectivity index (χ3n) is 3.49. The van der Waals surface area contributed by atoms with Gasteiger partial charge in [-0.3, -0.25) is 9.69 Å². The Morgan fingerprint density at radius 1 is 1.47 bits per heavy atom. The molecule has 2 amide bonds. The highest BCUT2D eigenvalue weighted by molar-refractivity contribution is 7.28. The van der Waals surface area contributed by atoms with E-state index in [4.69, 9.17) is 5.73 Å². The molecule has 0 heterocycles. The topological polar surface area (TPSA) is 63.4 Å². The average Bonchev–Trinajstić information content (AvgIpc) is 3.14. The number of anilines is 1. The molecule has 0 radical (unpaired) electrons. The smallest absolute Gasteiger partial charge is 0.319 e. The lowest BCUT2D eigenvalue weighted by Gasteiger charge is -2.23. The number of nitrogens with zero attached hydrogens (tertiary/aromatic N) is 1. The Balaban J connectivity index is 2.30. The highest BCUT2D eigenvalue weighted by Crippen LogP contribution is 2.30. The Bertz CT molecular complexity index is 544. The minimum absolute atomic E-state index is 0.0798. The van der Waals surface area contributed by atoms with Crippen LogP contribution in [0.3, 0.4) is 0 Å². The summed E-state index contributed by atoms with van der Waals surface area (Å²) in [7, 11) is 4.62. The number of nitrogens with two attached hydrogens (primary N) is 1. The third-order valence-corrected chi connectivity index (χ3v) is 4.11. The van der Waals surface area contributed by atoms with Gasteiger partial charge in [0.1, 0.15) is 7.85 Å². The second kappa shape index (κ2) is 5.34. The van der Waals surface area contributed by atoms with Gasteiger partial charge in [0.25, 0.3) is 0 Å². The van der Waals surface area contributed by atoms with Crippen LogP contribution in [0.15, 0.2) is 12.1 Å². The number of primary amides is 1. The summed E-state index contributed by atoms with van der Waals surface area (Å²) in [4.78, 5) is 24.9. The van der Waals surface area contributed by atoms with Crippen molar-refractivity contribution in [3.63, 3.8) is 0 Å². The first-order valence-corrected chi connectivity index (χ1v) is 6.94. The molecule has 0 spiro atoms. The monoisotopic (exact) mass is 276 g/mol. The molecule has 2 rings (SSSR count). The maximum Gasteiger partial charge on any atom is 0.319 e. The average molecular weight is 276 g/mol. The highest BCUT2D eigenvalue weighted by Gasteiger charge is 2.31. The van der Waals surface area contributed by atoms with Crippen LogP contribution in [0, 0.1) is 12.8 Å². The number of Topliss-reactive ketones (excluding diaryl/α,β-unsaturated/α-hetero) is 1. The molecule has 4 nitrogen and oxygen atoms in total. The van der Waals surface area contributed by atoms with Crippen LogP contribution >= 0.6 is 9.24 Å². The SMILES string of the molecule is Bc1cc(N(CC(=O)C2CC2)C(N)=O)c(C)cc1P. The Labute approximate surface area is 116 Å². The van der Waals surface area contributed by atoms with Crippen molar-refractivity contribution in [2.24, 2.45) is 11.7 Å². The molecule has 1 aromatic rings. The molecule has 0 bridgehead atoms. The van der Waals surface area contributed by atoms with E-state index >= 15 is 0 Å². The van der Waals surface area contributed by atoms with E-state index in [0.29, 0.717) is 0 Å². The van der Waals surface area contributed by atoms with Crippen LogP contribution in [0.4, 0.5) is 10.5 Å². The first kappa shape index (κ1) is 14.1. The van der Waals surface area contributed by atoms with Crippen molar-refractivity contribution in [2.75, 3.05) is 11.4 Å². The summed E-state index contributed by atoms with van der Waals surface area (Å²) >= 11 is 0. The summed E-state index contributed by atoms with van der Waals surface area (Å²) in [6, 6.07) is 3.31. The van der Waals surface area contributed by atoms with Gasteiger partial charge in [-0.2, -0.15) is 0 Å². The van der Waals surface area contributed by atoms with Crippen LogP contribution in [-0.2, 0) is 4.79 Å². The summed E-state index contributed by atoms with van der Waals surface area (Å²) in [5.74, 6) is 0.232. The van der Waals surface area contributed by atoms with Crippen LogP contribution in [-0.4, -0.2) is 26.2 Å². The number of benzene rings is 1. The van der Waals surface area contributed by atoms with E-state index < -0.39 is 6.03 Å². The van der Waals surface area contributed by atoms with Gasteiger partial charge in [0.2, 0.25) is 0 Å². The lowest BCUT2D eigenvalue weighted by atomic mass is 9.93. The summed E-state index contributed by atoms with van der Waals surface area (Å²) < 4.78 is 0. The van der Waals surface area contributed by atoms with Crippen LogP contribution in [0.1, 0.15) is 18.4 Å². The molecule has 6 heteroatoms. The van der Waals surface area contributed by atoms with Gasteiger partial charge in [-0.25, -0.2) is 4.79 Å². The fraction of sp³-hybridized carbons (Fsp3) is 0.385. The second-order valence-corrected chi connectivity index (χ2v) is 5.78. The van der Waals surface area contributed by atoms with Crippen LogP contribution in [0.25, 0.3) is 0 Å². The standard InChI is InChI=1S/C13H18BN2O2P/c1-7-4-12(19)9(14)5-10(7)16(13(15)18)6-11(17)8-2-3-8/h4-5,8H,2-3,6,14,19H2,1H3,(H2,15,18).